The van der Waals surface area contributed by atoms with Crippen molar-refractivity contribution >= 4 is 11.7 Å². The fourth-order valence-electron chi connectivity index (χ4n) is 2.34. The van der Waals surface area contributed by atoms with E-state index >= 15 is 0 Å². The quantitative estimate of drug-likeness (QED) is 0.647. The first-order chi connectivity index (χ1) is 9.15. The average Bonchev–Trinajstić information content (AvgIpc) is 2.86. The van der Waals surface area contributed by atoms with Gasteiger partial charge in [-0.25, -0.2) is 0 Å². The molecule has 2 rings (SSSR count). The van der Waals surface area contributed by atoms with Crippen LogP contribution < -0.4 is 5.32 Å². The average molecular weight is 266 g/mol. The number of hydrogen-bond donors (Lipinski definition) is 1. The van der Waals surface area contributed by atoms with Gasteiger partial charge < -0.3 is 15.4 Å². The zero-order valence-electron chi connectivity index (χ0n) is 10.7. The number of amides is 1. The van der Waals surface area contributed by atoms with E-state index in [1.165, 1.54) is 36.2 Å². The number of nitro groups is 1. The van der Waals surface area contributed by atoms with Crippen molar-refractivity contribution in [2.75, 3.05) is 0 Å². The van der Waals surface area contributed by atoms with Crippen LogP contribution in [-0.4, -0.2) is 26.7 Å². The molecule has 1 aliphatic rings. The van der Waals surface area contributed by atoms with E-state index in [0.717, 1.165) is 12.8 Å². The molecule has 0 aromatic carbocycles. The lowest BCUT2D eigenvalue weighted by molar-refractivity contribution is -0.389. The van der Waals surface area contributed by atoms with Gasteiger partial charge in [-0.15, -0.1) is 0 Å². The van der Waals surface area contributed by atoms with E-state index in [1.807, 2.05) is 0 Å². The van der Waals surface area contributed by atoms with Crippen molar-refractivity contribution in [2.45, 2.75) is 51.1 Å². The third-order valence-electron chi connectivity index (χ3n) is 3.35. The first kappa shape index (κ1) is 13.5. The van der Waals surface area contributed by atoms with Gasteiger partial charge in [-0.3, -0.25) is 4.79 Å². The van der Waals surface area contributed by atoms with Crippen LogP contribution >= 0.6 is 0 Å². The molecule has 0 aliphatic heterocycles. The molecule has 0 radical (unpaired) electrons. The topological polar surface area (TPSA) is 90.1 Å². The third-order valence-corrected chi connectivity index (χ3v) is 3.35. The van der Waals surface area contributed by atoms with Gasteiger partial charge >= 0.3 is 5.82 Å². The molecule has 104 valence electrons. The van der Waals surface area contributed by atoms with Gasteiger partial charge in [0, 0.05) is 12.5 Å². The lowest BCUT2D eigenvalue weighted by atomic mass is 9.95. The molecule has 1 N–H and O–H groups in total. The van der Waals surface area contributed by atoms with Crippen LogP contribution in [0.3, 0.4) is 0 Å². The maximum atomic E-state index is 11.7. The molecule has 1 fully saturated rings. The lowest BCUT2D eigenvalue weighted by Crippen LogP contribution is -2.36. The predicted molar refractivity (Wildman–Crippen MR) is 68.5 cm³/mol. The highest BCUT2D eigenvalue weighted by molar-refractivity contribution is 5.76. The Bertz CT molecular complexity index is 452. The van der Waals surface area contributed by atoms with E-state index in [0.29, 0.717) is 19.0 Å². The number of aryl methyl sites for hydroxylation is 1. The highest BCUT2D eigenvalue weighted by atomic mass is 16.6. The molecule has 1 aliphatic carbocycles. The molecule has 0 spiro atoms. The number of carbonyl (C=O) groups excluding carboxylic acids is 1. The van der Waals surface area contributed by atoms with Gasteiger partial charge in [0.25, 0.3) is 0 Å². The second-order valence-corrected chi connectivity index (χ2v) is 4.85. The highest BCUT2D eigenvalue weighted by Crippen LogP contribution is 2.17. The van der Waals surface area contributed by atoms with Gasteiger partial charge in [-0.05, 0) is 17.8 Å². The number of rotatable bonds is 5. The first-order valence-electron chi connectivity index (χ1n) is 6.62. The summed E-state index contributed by atoms with van der Waals surface area (Å²) in [4.78, 5) is 21.7. The van der Waals surface area contributed by atoms with E-state index in [1.54, 1.807) is 0 Å². The van der Waals surface area contributed by atoms with Gasteiger partial charge in [0.1, 0.15) is 0 Å². The number of nitrogens with one attached hydrogen (secondary N) is 1. The Balaban J connectivity index is 1.74. The lowest BCUT2D eigenvalue weighted by Gasteiger charge is -2.22. The van der Waals surface area contributed by atoms with Crippen molar-refractivity contribution in [1.82, 2.24) is 15.1 Å². The number of aromatic nitrogens is 2. The van der Waals surface area contributed by atoms with Crippen molar-refractivity contribution in [1.29, 1.82) is 0 Å². The summed E-state index contributed by atoms with van der Waals surface area (Å²) in [6, 6.07) is 1.63. The summed E-state index contributed by atoms with van der Waals surface area (Å²) < 4.78 is 1.43. The van der Waals surface area contributed by atoms with Crippen LogP contribution in [0, 0.1) is 10.1 Å². The molecule has 7 heteroatoms. The summed E-state index contributed by atoms with van der Waals surface area (Å²) in [5.41, 5.74) is 0. The van der Waals surface area contributed by atoms with Gasteiger partial charge in [-0.1, -0.05) is 19.3 Å². The van der Waals surface area contributed by atoms with Crippen molar-refractivity contribution in [2.24, 2.45) is 0 Å². The van der Waals surface area contributed by atoms with E-state index < -0.39 is 4.92 Å². The number of carbonyl (C=O) groups is 1. The standard InChI is InChI=1S/C12H18N4O3/c17-12(13-10-4-2-1-3-5-10)7-9-15-8-6-11(14-15)16(18)19/h6,8,10H,1-5,7,9H2,(H,13,17). The molecular formula is C12H18N4O3. The predicted octanol–water partition coefficient (Wildman–Crippen LogP) is 1.63. The Labute approximate surface area is 111 Å². The van der Waals surface area contributed by atoms with Gasteiger partial charge in [0.2, 0.25) is 5.91 Å². The minimum atomic E-state index is -0.543. The van der Waals surface area contributed by atoms with Crippen LogP contribution in [0.2, 0.25) is 0 Å². The summed E-state index contributed by atoms with van der Waals surface area (Å²) in [6.45, 7) is 0.367. The number of hydrogen-bond acceptors (Lipinski definition) is 4. The molecule has 0 unspecified atom stereocenters. The van der Waals surface area contributed by atoms with E-state index in [9.17, 15) is 14.9 Å². The second-order valence-electron chi connectivity index (χ2n) is 4.85. The van der Waals surface area contributed by atoms with Crippen LogP contribution in [0.4, 0.5) is 5.82 Å². The van der Waals surface area contributed by atoms with Gasteiger partial charge in [-0.2, -0.15) is 4.68 Å². The van der Waals surface area contributed by atoms with Crippen LogP contribution in [0.15, 0.2) is 12.3 Å². The maximum Gasteiger partial charge on any atom is 0.389 e. The zero-order chi connectivity index (χ0) is 13.7. The van der Waals surface area contributed by atoms with Crippen LogP contribution in [0.5, 0.6) is 0 Å². The molecule has 0 saturated heterocycles. The normalized spacial score (nSPS) is 16.2. The first-order valence-corrected chi connectivity index (χ1v) is 6.62. The van der Waals surface area contributed by atoms with Crippen molar-refractivity contribution < 1.29 is 9.72 Å². The molecule has 1 amide bonds. The van der Waals surface area contributed by atoms with Crippen LogP contribution in [0.25, 0.3) is 0 Å². The second kappa shape index (κ2) is 6.31. The minimum absolute atomic E-state index is 0.00921. The summed E-state index contributed by atoms with van der Waals surface area (Å²) in [7, 11) is 0. The summed E-state index contributed by atoms with van der Waals surface area (Å²) >= 11 is 0. The van der Waals surface area contributed by atoms with Gasteiger partial charge in [0.05, 0.1) is 23.9 Å². The third kappa shape index (κ3) is 4.04. The Morgan fingerprint density at radius 3 is 2.84 bits per heavy atom. The fourth-order valence-corrected chi connectivity index (χ4v) is 2.34. The summed E-state index contributed by atoms with van der Waals surface area (Å²) in [6.07, 6.45) is 7.54. The monoisotopic (exact) mass is 266 g/mol. The maximum absolute atomic E-state index is 11.7. The van der Waals surface area contributed by atoms with Crippen molar-refractivity contribution in [3.05, 3.63) is 22.4 Å². The van der Waals surface area contributed by atoms with Crippen LogP contribution in [0.1, 0.15) is 38.5 Å². The Hall–Kier alpha value is -1.92. The summed E-state index contributed by atoms with van der Waals surface area (Å²) in [5, 5.41) is 17.2. The molecule has 7 nitrogen and oxygen atoms in total. The molecule has 1 heterocycles. The molecule has 19 heavy (non-hydrogen) atoms. The van der Waals surface area contributed by atoms with E-state index in [4.69, 9.17) is 0 Å². The Morgan fingerprint density at radius 1 is 1.47 bits per heavy atom. The van der Waals surface area contributed by atoms with E-state index in [2.05, 4.69) is 10.4 Å². The number of nitrogens with zero attached hydrogens (tertiary/aromatic N) is 3. The summed E-state index contributed by atoms with van der Waals surface area (Å²) in [5.74, 6) is -0.197. The smallest absolute Gasteiger partial charge is 0.358 e. The zero-order valence-corrected chi connectivity index (χ0v) is 10.7. The molecule has 0 bridgehead atoms. The van der Waals surface area contributed by atoms with Gasteiger partial charge in [0.15, 0.2) is 0 Å². The largest absolute Gasteiger partial charge is 0.389 e. The molecule has 0 atom stereocenters. The minimum Gasteiger partial charge on any atom is -0.358 e. The van der Waals surface area contributed by atoms with E-state index in [-0.39, 0.29) is 11.7 Å². The molecular weight excluding hydrogens is 248 g/mol. The van der Waals surface area contributed by atoms with Crippen molar-refractivity contribution in [3.8, 4) is 0 Å². The Morgan fingerprint density at radius 2 is 2.21 bits per heavy atom. The Kier molecular flexibility index (Phi) is 4.48. The SMILES string of the molecule is O=C(CCn1ccc([N+](=O)[O-])n1)NC1CCCCC1. The van der Waals surface area contributed by atoms with Crippen LogP contribution in [-0.2, 0) is 11.3 Å². The highest BCUT2D eigenvalue weighted by Gasteiger charge is 2.16. The molecule has 1 aromatic rings. The molecule has 1 saturated carbocycles. The molecule has 1 aromatic heterocycles. The fraction of sp³-hybridized carbons (Fsp3) is 0.667. The van der Waals surface area contributed by atoms with Crippen molar-refractivity contribution in [3.63, 3.8) is 0 Å².